The molecule has 42 heavy (non-hydrogen) atoms. The van der Waals surface area contributed by atoms with Crippen LogP contribution in [0.3, 0.4) is 0 Å². The van der Waals surface area contributed by atoms with Gasteiger partial charge in [-0.1, -0.05) is 29.7 Å². The average molecular weight is 582 g/mol. The maximum absolute atomic E-state index is 12.9. The van der Waals surface area contributed by atoms with Crippen molar-refractivity contribution in [2.45, 2.75) is 32.4 Å². The number of hydrogen-bond acceptors (Lipinski definition) is 7. The number of nitrogens with one attached hydrogen (secondary N) is 2. The molecule has 3 heterocycles. The van der Waals surface area contributed by atoms with Crippen LogP contribution in [-0.4, -0.2) is 47.0 Å². The van der Waals surface area contributed by atoms with Crippen molar-refractivity contribution in [3.63, 3.8) is 0 Å². The lowest BCUT2D eigenvalue weighted by molar-refractivity contribution is -0.112. The number of rotatable bonds is 10. The van der Waals surface area contributed by atoms with E-state index in [0.717, 1.165) is 30.5 Å². The third-order valence-corrected chi connectivity index (χ3v) is 7.33. The summed E-state index contributed by atoms with van der Waals surface area (Å²) in [7, 11) is 2.07. The van der Waals surface area contributed by atoms with Crippen LogP contribution in [0.1, 0.15) is 31.0 Å². The fraction of sp³-hybridized carbons (Fsp3) is 0.242. The normalized spacial score (nSPS) is 15.0. The molecule has 1 aliphatic rings. The second kappa shape index (κ2) is 13.4. The van der Waals surface area contributed by atoms with Crippen LogP contribution < -0.4 is 20.1 Å². The highest BCUT2D eigenvalue weighted by molar-refractivity contribution is 6.32. The van der Waals surface area contributed by atoms with Crippen molar-refractivity contribution in [1.29, 1.82) is 0 Å². The molecule has 5 rings (SSSR count). The Kier molecular flexibility index (Phi) is 9.22. The third kappa shape index (κ3) is 6.82. The highest BCUT2D eigenvalue weighted by Gasteiger charge is 2.19. The molecule has 2 N–H and O–H groups in total. The van der Waals surface area contributed by atoms with Gasteiger partial charge in [0.1, 0.15) is 18.1 Å². The minimum Gasteiger partial charge on any atom is -0.492 e. The van der Waals surface area contributed by atoms with E-state index < -0.39 is 0 Å². The molecular formula is C33H32ClN5O3. The van der Waals surface area contributed by atoms with Crippen LogP contribution in [0.2, 0.25) is 5.02 Å². The summed E-state index contributed by atoms with van der Waals surface area (Å²) in [5.74, 6) is 3.52. The zero-order valence-electron chi connectivity index (χ0n) is 23.6. The monoisotopic (exact) mass is 581 g/mol. The van der Waals surface area contributed by atoms with Crippen LogP contribution in [0.25, 0.3) is 10.9 Å². The van der Waals surface area contributed by atoms with Gasteiger partial charge in [0.05, 0.1) is 39.8 Å². The van der Waals surface area contributed by atoms with Gasteiger partial charge >= 0.3 is 0 Å². The minimum atomic E-state index is -0.237. The molecule has 2 aromatic heterocycles. The van der Waals surface area contributed by atoms with Crippen molar-refractivity contribution in [2.75, 3.05) is 30.8 Å². The Labute approximate surface area is 250 Å². The number of ether oxygens (including phenoxy) is 2. The number of carbonyl (C=O) groups is 1. The van der Waals surface area contributed by atoms with Crippen molar-refractivity contribution in [2.24, 2.45) is 0 Å². The van der Waals surface area contributed by atoms with Crippen molar-refractivity contribution in [3.05, 3.63) is 89.4 Å². The summed E-state index contributed by atoms with van der Waals surface area (Å²) in [5.41, 5.74) is 3.89. The number of terminal acetylenes is 1. The maximum atomic E-state index is 12.9. The van der Waals surface area contributed by atoms with Gasteiger partial charge in [-0.25, -0.2) is 0 Å². The van der Waals surface area contributed by atoms with Gasteiger partial charge in [-0.05, 0) is 69.8 Å². The molecule has 0 bridgehead atoms. The summed E-state index contributed by atoms with van der Waals surface area (Å²) >= 11 is 6.57. The highest BCUT2D eigenvalue weighted by Crippen LogP contribution is 2.37. The van der Waals surface area contributed by atoms with E-state index in [2.05, 4.69) is 38.5 Å². The molecule has 1 saturated heterocycles. The van der Waals surface area contributed by atoms with Crippen molar-refractivity contribution in [1.82, 2.24) is 14.9 Å². The first kappa shape index (κ1) is 28.9. The number of benzene rings is 2. The summed E-state index contributed by atoms with van der Waals surface area (Å²) < 4.78 is 11.7. The fourth-order valence-electron chi connectivity index (χ4n) is 4.86. The van der Waals surface area contributed by atoms with E-state index in [0.29, 0.717) is 57.9 Å². The van der Waals surface area contributed by atoms with Gasteiger partial charge < -0.3 is 20.1 Å². The molecule has 1 aliphatic heterocycles. The van der Waals surface area contributed by atoms with E-state index in [1.807, 2.05) is 43.3 Å². The highest BCUT2D eigenvalue weighted by atomic mass is 35.5. The van der Waals surface area contributed by atoms with E-state index in [9.17, 15) is 4.79 Å². The maximum Gasteiger partial charge on any atom is 0.248 e. The SMILES string of the molecule is C#Cc1cnc2cc(OCC)c(NC(=O)C=CC3CCCN3C)cc2c1Nc1ccc(OCc2ccccn2)c(Cl)c1. The van der Waals surface area contributed by atoms with E-state index in [1.54, 1.807) is 36.7 Å². The number of likely N-dealkylation sites (tertiary alicyclic amines) is 1. The van der Waals surface area contributed by atoms with Gasteiger partial charge in [-0.15, -0.1) is 6.42 Å². The summed E-state index contributed by atoms with van der Waals surface area (Å²) in [6.45, 7) is 3.65. The third-order valence-electron chi connectivity index (χ3n) is 7.03. The van der Waals surface area contributed by atoms with Crippen molar-refractivity contribution >= 4 is 45.5 Å². The molecule has 1 fully saturated rings. The Morgan fingerprint density at radius 1 is 1.19 bits per heavy atom. The zero-order chi connectivity index (χ0) is 29.5. The van der Waals surface area contributed by atoms with Crippen LogP contribution in [0, 0.1) is 12.3 Å². The molecule has 0 radical (unpaired) electrons. The van der Waals surface area contributed by atoms with E-state index in [-0.39, 0.29) is 11.9 Å². The topological polar surface area (TPSA) is 88.6 Å². The lowest BCUT2D eigenvalue weighted by Crippen LogP contribution is -2.23. The lowest BCUT2D eigenvalue weighted by Gasteiger charge is -2.17. The van der Waals surface area contributed by atoms with Gasteiger partial charge in [-0.3, -0.25) is 19.7 Å². The Balaban J connectivity index is 1.42. The number of pyridine rings is 2. The van der Waals surface area contributed by atoms with E-state index in [1.165, 1.54) is 0 Å². The second-order valence-electron chi connectivity index (χ2n) is 9.91. The van der Waals surface area contributed by atoms with Gasteiger partial charge in [-0.2, -0.15) is 0 Å². The largest absolute Gasteiger partial charge is 0.492 e. The molecule has 4 aromatic rings. The van der Waals surface area contributed by atoms with Gasteiger partial charge in [0.25, 0.3) is 0 Å². The van der Waals surface area contributed by atoms with Gasteiger partial charge in [0.15, 0.2) is 0 Å². The fourth-order valence-corrected chi connectivity index (χ4v) is 5.10. The Morgan fingerprint density at radius 3 is 2.79 bits per heavy atom. The number of amides is 1. The van der Waals surface area contributed by atoms with Gasteiger partial charge in [0.2, 0.25) is 5.91 Å². The predicted octanol–water partition coefficient (Wildman–Crippen LogP) is 6.57. The average Bonchev–Trinajstić information content (AvgIpc) is 3.41. The first-order chi connectivity index (χ1) is 20.4. The molecule has 214 valence electrons. The quantitative estimate of drug-likeness (QED) is 0.162. The van der Waals surface area contributed by atoms with Crippen LogP contribution in [0.5, 0.6) is 11.5 Å². The van der Waals surface area contributed by atoms with Crippen LogP contribution in [0.15, 0.2) is 73.1 Å². The molecule has 0 spiro atoms. The number of likely N-dealkylation sites (N-methyl/N-ethyl adjacent to an activating group) is 1. The van der Waals surface area contributed by atoms with Crippen molar-refractivity contribution in [3.8, 4) is 23.8 Å². The molecule has 1 amide bonds. The zero-order valence-corrected chi connectivity index (χ0v) is 24.3. The van der Waals surface area contributed by atoms with Crippen LogP contribution >= 0.6 is 11.6 Å². The molecule has 1 unspecified atom stereocenters. The van der Waals surface area contributed by atoms with Crippen molar-refractivity contribution < 1.29 is 14.3 Å². The number of halogens is 1. The lowest BCUT2D eigenvalue weighted by atomic mass is 10.1. The number of nitrogens with zero attached hydrogens (tertiary/aromatic N) is 3. The van der Waals surface area contributed by atoms with E-state index >= 15 is 0 Å². The number of fused-ring (bicyclic) bond motifs is 1. The number of carbonyl (C=O) groups excluding carboxylic acids is 1. The molecule has 0 saturated carbocycles. The van der Waals surface area contributed by atoms with E-state index in [4.69, 9.17) is 27.5 Å². The van der Waals surface area contributed by atoms with Gasteiger partial charge in [0, 0.05) is 41.7 Å². The number of hydrogen-bond donors (Lipinski definition) is 2. The van der Waals surface area contributed by atoms with Crippen LogP contribution in [-0.2, 0) is 11.4 Å². The number of aromatic nitrogens is 2. The first-order valence-corrected chi connectivity index (χ1v) is 14.2. The smallest absolute Gasteiger partial charge is 0.248 e. The summed E-state index contributed by atoms with van der Waals surface area (Å²) in [5, 5.41) is 7.53. The molecule has 9 heteroatoms. The molecule has 0 aliphatic carbocycles. The molecule has 1 atom stereocenters. The minimum absolute atomic E-state index is 0.237. The Hall–Kier alpha value is -4.58. The summed E-state index contributed by atoms with van der Waals surface area (Å²) in [6.07, 6.45) is 14.9. The second-order valence-corrected chi connectivity index (χ2v) is 10.3. The molecular weight excluding hydrogens is 550 g/mol. The Morgan fingerprint density at radius 2 is 2.07 bits per heavy atom. The van der Waals surface area contributed by atoms with Crippen LogP contribution in [0.4, 0.5) is 17.1 Å². The number of anilines is 3. The predicted molar refractivity (Wildman–Crippen MR) is 168 cm³/mol. The standard InChI is InChI=1S/C33H32ClN5O3/c1-4-22-20-36-28-19-31(41-5-2)29(38-32(40)14-12-25-10-8-16-39(25)3)18-26(28)33(22)37-23-11-13-30(27(34)17-23)42-21-24-9-6-7-15-35-24/h1,6-7,9,11-15,17-20,25H,5,8,10,16,21H2,2-3H3,(H,36,37)(H,38,40). The first-order valence-electron chi connectivity index (χ1n) is 13.8. The Bertz CT molecular complexity index is 1650. The summed E-state index contributed by atoms with van der Waals surface area (Å²) in [4.78, 5) is 24.0. The molecule has 8 nitrogen and oxygen atoms in total. The molecule has 2 aromatic carbocycles. The summed E-state index contributed by atoms with van der Waals surface area (Å²) in [6, 6.07) is 15.0.